The van der Waals surface area contributed by atoms with E-state index in [2.05, 4.69) is 15.3 Å². The second-order valence-corrected chi connectivity index (χ2v) is 6.94. The number of hydrogen-bond donors (Lipinski definition) is 2. The third-order valence-electron chi connectivity index (χ3n) is 3.66. The Hall–Kier alpha value is -2.05. The standard InChI is InChI=1S/C16H26N4O3/c1-10-13(21)14(18-11(2)17-10)19-12-6-8-20(9-7-12)15(22)23-16(3,4)5/h12,21H,6-9H2,1-5H3,(H,17,18,19). The number of aromatic hydroxyl groups is 1. The lowest BCUT2D eigenvalue weighted by atomic mass is 10.1. The van der Waals surface area contributed by atoms with Gasteiger partial charge in [-0.1, -0.05) is 0 Å². The maximum Gasteiger partial charge on any atom is 0.410 e. The summed E-state index contributed by atoms with van der Waals surface area (Å²) in [7, 11) is 0. The van der Waals surface area contributed by atoms with Crippen molar-refractivity contribution in [2.75, 3.05) is 18.4 Å². The highest BCUT2D eigenvalue weighted by Crippen LogP contribution is 2.26. The summed E-state index contributed by atoms with van der Waals surface area (Å²) in [4.78, 5) is 22.1. The first kappa shape index (κ1) is 17.3. The van der Waals surface area contributed by atoms with Crippen LogP contribution in [0.15, 0.2) is 0 Å². The van der Waals surface area contributed by atoms with Gasteiger partial charge in [0.25, 0.3) is 0 Å². The molecule has 0 saturated carbocycles. The van der Waals surface area contributed by atoms with Crippen LogP contribution in [0.4, 0.5) is 10.6 Å². The summed E-state index contributed by atoms with van der Waals surface area (Å²) < 4.78 is 5.39. The lowest BCUT2D eigenvalue weighted by Gasteiger charge is -2.34. The fraction of sp³-hybridized carbons (Fsp3) is 0.688. The molecule has 2 heterocycles. The molecule has 7 nitrogen and oxygen atoms in total. The van der Waals surface area contributed by atoms with E-state index in [1.807, 2.05) is 20.8 Å². The Balaban J connectivity index is 1.92. The van der Waals surface area contributed by atoms with Gasteiger partial charge in [0, 0.05) is 19.1 Å². The average Bonchev–Trinajstić information content (AvgIpc) is 2.43. The molecular formula is C16H26N4O3. The predicted octanol–water partition coefficient (Wildman–Crippen LogP) is 2.61. The molecule has 0 bridgehead atoms. The van der Waals surface area contributed by atoms with Gasteiger partial charge < -0.3 is 20.1 Å². The van der Waals surface area contributed by atoms with E-state index in [1.54, 1.807) is 18.7 Å². The van der Waals surface area contributed by atoms with Crippen molar-refractivity contribution < 1.29 is 14.6 Å². The number of carbonyl (C=O) groups excluding carboxylic acids is 1. The first-order chi connectivity index (χ1) is 10.7. The van der Waals surface area contributed by atoms with Gasteiger partial charge in [0.1, 0.15) is 11.4 Å². The monoisotopic (exact) mass is 322 g/mol. The van der Waals surface area contributed by atoms with E-state index < -0.39 is 5.60 Å². The molecule has 2 rings (SSSR count). The minimum absolute atomic E-state index is 0.0881. The second-order valence-electron chi connectivity index (χ2n) is 6.94. The molecule has 1 saturated heterocycles. The average molecular weight is 322 g/mol. The van der Waals surface area contributed by atoms with Crippen LogP contribution in [0, 0.1) is 13.8 Å². The van der Waals surface area contributed by atoms with Gasteiger partial charge >= 0.3 is 6.09 Å². The highest BCUT2D eigenvalue weighted by atomic mass is 16.6. The Bertz CT molecular complexity index is 575. The number of ether oxygens (including phenoxy) is 1. The smallest absolute Gasteiger partial charge is 0.410 e. The van der Waals surface area contributed by atoms with E-state index in [4.69, 9.17) is 4.74 Å². The van der Waals surface area contributed by atoms with Crippen molar-refractivity contribution in [3.63, 3.8) is 0 Å². The van der Waals surface area contributed by atoms with E-state index in [0.29, 0.717) is 30.4 Å². The number of amides is 1. The van der Waals surface area contributed by atoms with Gasteiger partial charge in [-0.3, -0.25) is 0 Å². The van der Waals surface area contributed by atoms with E-state index >= 15 is 0 Å². The maximum atomic E-state index is 12.0. The van der Waals surface area contributed by atoms with E-state index in [1.165, 1.54) is 0 Å². The lowest BCUT2D eigenvalue weighted by molar-refractivity contribution is 0.0210. The first-order valence-corrected chi connectivity index (χ1v) is 7.94. The van der Waals surface area contributed by atoms with Crippen LogP contribution in [0.3, 0.4) is 0 Å². The van der Waals surface area contributed by atoms with Crippen LogP contribution in [0.2, 0.25) is 0 Å². The van der Waals surface area contributed by atoms with Gasteiger partial charge in [0.05, 0.1) is 5.69 Å². The summed E-state index contributed by atoms with van der Waals surface area (Å²) in [6.45, 7) is 10.4. The minimum Gasteiger partial charge on any atom is -0.503 e. The fourth-order valence-corrected chi connectivity index (χ4v) is 2.53. The zero-order valence-corrected chi connectivity index (χ0v) is 14.5. The van der Waals surface area contributed by atoms with Crippen molar-refractivity contribution in [1.82, 2.24) is 14.9 Å². The first-order valence-electron chi connectivity index (χ1n) is 7.94. The molecule has 1 aliphatic heterocycles. The number of nitrogens with one attached hydrogen (secondary N) is 1. The van der Waals surface area contributed by atoms with Gasteiger partial charge in [0.2, 0.25) is 0 Å². The fourth-order valence-electron chi connectivity index (χ4n) is 2.53. The van der Waals surface area contributed by atoms with Crippen molar-refractivity contribution >= 4 is 11.9 Å². The molecule has 1 aromatic rings. The number of aryl methyl sites for hydroxylation is 2. The van der Waals surface area contributed by atoms with Gasteiger partial charge in [-0.15, -0.1) is 0 Å². The Kier molecular flexibility index (Phi) is 4.97. The molecule has 1 fully saturated rings. The third kappa shape index (κ3) is 4.71. The highest BCUT2D eigenvalue weighted by Gasteiger charge is 2.27. The second kappa shape index (κ2) is 6.60. The van der Waals surface area contributed by atoms with Gasteiger partial charge in [-0.25, -0.2) is 14.8 Å². The summed E-state index contributed by atoms with van der Waals surface area (Å²) >= 11 is 0. The Morgan fingerprint density at radius 3 is 2.43 bits per heavy atom. The van der Waals surface area contributed by atoms with Crippen LogP contribution in [-0.2, 0) is 4.74 Å². The van der Waals surface area contributed by atoms with Crippen LogP contribution in [0.5, 0.6) is 5.75 Å². The third-order valence-corrected chi connectivity index (χ3v) is 3.66. The van der Waals surface area contributed by atoms with E-state index in [-0.39, 0.29) is 17.9 Å². The van der Waals surface area contributed by atoms with Crippen molar-refractivity contribution in [2.45, 2.75) is 59.1 Å². The van der Waals surface area contributed by atoms with Crippen LogP contribution in [0.25, 0.3) is 0 Å². The molecule has 1 amide bonds. The summed E-state index contributed by atoms with van der Waals surface area (Å²) in [5, 5.41) is 13.3. The number of piperidine rings is 1. The van der Waals surface area contributed by atoms with Crippen molar-refractivity contribution in [3.8, 4) is 5.75 Å². The Morgan fingerprint density at radius 1 is 1.26 bits per heavy atom. The molecule has 0 atom stereocenters. The molecule has 1 aromatic heterocycles. The lowest BCUT2D eigenvalue weighted by Crippen LogP contribution is -2.44. The minimum atomic E-state index is -0.478. The number of hydrogen-bond acceptors (Lipinski definition) is 6. The number of rotatable bonds is 2. The number of anilines is 1. The van der Waals surface area contributed by atoms with Gasteiger partial charge in [-0.05, 0) is 47.5 Å². The Morgan fingerprint density at radius 2 is 1.87 bits per heavy atom. The number of carbonyl (C=O) groups is 1. The highest BCUT2D eigenvalue weighted by molar-refractivity contribution is 5.68. The number of aromatic nitrogens is 2. The van der Waals surface area contributed by atoms with E-state index in [9.17, 15) is 9.90 Å². The zero-order chi connectivity index (χ0) is 17.2. The van der Waals surface area contributed by atoms with Crippen LogP contribution in [-0.4, -0.2) is 50.8 Å². The van der Waals surface area contributed by atoms with Crippen LogP contribution < -0.4 is 5.32 Å². The molecule has 0 radical (unpaired) electrons. The molecule has 0 aromatic carbocycles. The molecule has 2 N–H and O–H groups in total. The molecule has 0 aliphatic carbocycles. The molecule has 23 heavy (non-hydrogen) atoms. The quantitative estimate of drug-likeness (QED) is 0.870. The SMILES string of the molecule is Cc1nc(C)c(O)c(NC2CCN(C(=O)OC(C)(C)C)CC2)n1. The topological polar surface area (TPSA) is 87.6 Å². The maximum absolute atomic E-state index is 12.0. The summed E-state index contributed by atoms with van der Waals surface area (Å²) in [5.74, 6) is 1.17. The number of likely N-dealkylation sites (tertiary alicyclic amines) is 1. The van der Waals surface area contributed by atoms with E-state index in [0.717, 1.165) is 12.8 Å². The summed E-state index contributed by atoms with van der Waals surface area (Å²) in [6.07, 6.45) is 1.29. The molecule has 7 heteroatoms. The van der Waals surface area contributed by atoms with Crippen molar-refractivity contribution in [2.24, 2.45) is 0 Å². The van der Waals surface area contributed by atoms with Crippen molar-refractivity contribution in [1.29, 1.82) is 0 Å². The Labute approximate surface area is 137 Å². The molecule has 0 spiro atoms. The summed E-state index contributed by atoms with van der Waals surface area (Å²) in [5.41, 5.74) is 0.0831. The van der Waals surface area contributed by atoms with Crippen LogP contribution in [0.1, 0.15) is 45.1 Å². The predicted molar refractivity (Wildman–Crippen MR) is 87.6 cm³/mol. The molecule has 1 aliphatic rings. The number of nitrogens with zero attached hydrogens (tertiary/aromatic N) is 3. The molecule has 0 unspecified atom stereocenters. The molecule has 128 valence electrons. The summed E-state index contributed by atoms with van der Waals surface area (Å²) in [6, 6.07) is 0.160. The van der Waals surface area contributed by atoms with Gasteiger partial charge in [-0.2, -0.15) is 0 Å². The normalized spacial score (nSPS) is 16.3. The largest absolute Gasteiger partial charge is 0.503 e. The zero-order valence-electron chi connectivity index (χ0n) is 14.5. The molecular weight excluding hydrogens is 296 g/mol. The van der Waals surface area contributed by atoms with Crippen LogP contribution >= 0.6 is 0 Å². The van der Waals surface area contributed by atoms with Gasteiger partial charge in [0.15, 0.2) is 11.6 Å². The van der Waals surface area contributed by atoms with Crippen molar-refractivity contribution in [3.05, 3.63) is 11.5 Å².